The molecule has 1 saturated carbocycles. The second-order valence-corrected chi connectivity index (χ2v) is 11.7. The van der Waals surface area contributed by atoms with Crippen LogP contribution in [0.25, 0.3) is 0 Å². The van der Waals surface area contributed by atoms with Crippen molar-refractivity contribution in [2.45, 2.75) is 42.4 Å². The van der Waals surface area contributed by atoms with E-state index >= 15 is 0 Å². The first-order chi connectivity index (χ1) is 16.5. The van der Waals surface area contributed by atoms with Crippen LogP contribution >= 0.6 is 11.8 Å². The van der Waals surface area contributed by atoms with Crippen molar-refractivity contribution >= 4 is 33.4 Å². The van der Waals surface area contributed by atoms with Crippen molar-refractivity contribution in [1.29, 1.82) is 0 Å². The third-order valence-electron chi connectivity index (χ3n) is 5.96. The first-order valence-corrected chi connectivity index (χ1v) is 14.1. The number of carbonyl (C=O) groups is 1. The highest BCUT2D eigenvalue weighted by Crippen LogP contribution is 2.29. The summed E-state index contributed by atoms with van der Waals surface area (Å²) in [5, 5.41) is 3.73. The minimum absolute atomic E-state index is 0.101. The molecule has 0 aliphatic heterocycles. The Kier molecular flexibility index (Phi) is 8.29. The Balaban J connectivity index is 1.42. The number of nitrogens with zero attached hydrogens (tertiary/aromatic N) is 1. The minimum atomic E-state index is -3.75. The van der Waals surface area contributed by atoms with Gasteiger partial charge in [-0.2, -0.15) is 11.8 Å². The number of benzene rings is 3. The van der Waals surface area contributed by atoms with Gasteiger partial charge in [0.1, 0.15) is 0 Å². The number of amides is 1. The fourth-order valence-corrected chi connectivity index (χ4v) is 6.80. The molecule has 0 spiro atoms. The van der Waals surface area contributed by atoms with Crippen molar-refractivity contribution in [2.24, 2.45) is 0 Å². The Morgan fingerprint density at radius 2 is 1.50 bits per heavy atom. The van der Waals surface area contributed by atoms with E-state index in [0.29, 0.717) is 17.8 Å². The predicted molar refractivity (Wildman–Crippen MR) is 140 cm³/mol. The fourth-order valence-electron chi connectivity index (χ4n) is 4.10. The summed E-state index contributed by atoms with van der Waals surface area (Å²) >= 11 is 1.95. The molecule has 3 aromatic carbocycles. The maximum atomic E-state index is 13.4. The van der Waals surface area contributed by atoms with Crippen molar-refractivity contribution in [1.82, 2.24) is 5.32 Å². The van der Waals surface area contributed by atoms with E-state index in [4.69, 9.17) is 0 Å². The van der Waals surface area contributed by atoms with Crippen molar-refractivity contribution in [3.63, 3.8) is 0 Å². The van der Waals surface area contributed by atoms with Gasteiger partial charge in [0.15, 0.2) is 0 Å². The van der Waals surface area contributed by atoms with E-state index < -0.39 is 10.0 Å². The number of hydrogen-bond donors (Lipinski definition) is 1. The highest BCUT2D eigenvalue weighted by Gasteiger charge is 2.25. The van der Waals surface area contributed by atoms with Crippen LogP contribution in [0.4, 0.5) is 5.69 Å². The summed E-state index contributed by atoms with van der Waals surface area (Å²) in [6, 6.07) is 24.6. The third kappa shape index (κ3) is 6.21. The Morgan fingerprint density at radius 1 is 0.882 bits per heavy atom. The number of thioether (sulfide) groups is 1. The molecular weight excluding hydrogens is 464 g/mol. The SMILES string of the molecule is O=C(NCCSC1CCCC1)c1ccc(CN(c2ccccc2)S(=O)(=O)c2ccccc2)cc1. The van der Waals surface area contributed by atoms with Gasteiger partial charge in [0.25, 0.3) is 15.9 Å². The van der Waals surface area contributed by atoms with Crippen molar-refractivity contribution in [3.8, 4) is 0 Å². The number of sulfonamides is 1. The zero-order valence-electron chi connectivity index (χ0n) is 19.1. The van der Waals surface area contributed by atoms with Gasteiger partial charge in [0.2, 0.25) is 0 Å². The second kappa shape index (κ2) is 11.6. The molecule has 1 N–H and O–H groups in total. The Labute approximate surface area is 206 Å². The lowest BCUT2D eigenvalue weighted by Crippen LogP contribution is -2.30. The molecule has 1 aliphatic carbocycles. The fraction of sp³-hybridized carbons (Fsp3) is 0.296. The van der Waals surface area contributed by atoms with E-state index in [9.17, 15) is 13.2 Å². The first-order valence-electron chi connectivity index (χ1n) is 11.7. The molecule has 1 aliphatic rings. The smallest absolute Gasteiger partial charge is 0.264 e. The Bertz CT molecular complexity index is 1160. The molecule has 1 amide bonds. The van der Waals surface area contributed by atoms with Crippen molar-refractivity contribution in [2.75, 3.05) is 16.6 Å². The summed E-state index contributed by atoms with van der Waals surface area (Å²) < 4.78 is 28.2. The van der Waals surface area contributed by atoms with Crippen LogP contribution in [-0.2, 0) is 16.6 Å². The van der Waals surface area contributed by atoms with E-state index in [2.05, 4.69) is 5.32 Å². The van der Waals surface area contributed by atoms with Gasteiger partial charge in [0.05, 0.1) is 17.1 Å². The van der Waals surface area contributed by atoms with E-state index in [1.807, 2.05) is 42.1 Å². The highest BCUT2D eigenvalue weighted by atomic mass is 32.2. The number of nitrogens with one attached hydrogen (secondary N) is 1. The number of para-hydroxylation sites is 1. The molecular formula is C27H30N2O3S2. The Morgan fingerprint density at radius 3 is 2.15 bits per heavy atom. The number of anilines is 1. The molecule has 0 atom stereocenters. The van der Waals surface area contributed by atoms with Gasteiger partial charge in [-0.25, -0.2) is 8.42 Å². The number of hydrogen-bond acceptors (Lipinski definition) is 4. The lowest BCUT2D eigenvalue weighted by Gasteiger charge is -2.25. The summed E-state index contributed by atoms with van der Waals surface area (Å²) in [6.07, 6.45) is 5.23. The molecule has 0 radical (unpaired) electrons. The highest BCUT2D eigenvalue weighted by molar-refractivity contribution is 7.99. The molecule has 0 bridgehead atoms. The summed E-state index contributed by atoms with van der Waals surface area (Å²) in [5.74, 6) is 0.827. The predicted octanol–water partition coefficient (Wildman–Crippen LogP) is 5.49. The molecule has 0 unspecified atom stereocenters. The zero-order chi connectivity index (χ0) is 23.8. The van der Waals surface area contributed by atoms with Crippen molar-refractivity contribution in [3.05, 3.63) is 96.1 Å². The average molecular weight is 495 g/mol. The van der Waals surface area contributed by atoms with Gasteiger partial charge < -0.3 is 5.32 Å². The molecule has 178 valence electrons. The van der Waals surface area contributed by atoms with E-state index in [-0.39, 0.29) is 17.3 Å². The number of rotatable bonds is 10. The van der Waals surface area contributed by atoms with E-state index in [1.165, 1.54) is 30.0 Å². The van der Waals surface area contributed by atoms with Gasteiger partial charge in [-0.3, -0.25) is 9.10 Å². The van der Waals surface area contributed by atoms with Gasteiger partial charge in [-0.15, -0.1) is 0 Å². The maximum Gasteiger partial charge on any atom is 0.264 e. The van der Waals surface area contributed by atoms with Crippen LogP contribution in [-0.4, -0.2) is 31.9 Å². The summed E-state index contributed by atoms with van der Waals surface area (Å²) in [5.41, 5.74) is 1.97. The minimum Gasteiger partial charge on any atom is -0.351 e. The lowest BCUT2D eigenvalue weighted by molar-refractivity contribution is 0.0956. The van der Waals surface area contributed by atoms with Gasteiger partial charge >= 0.3 is 0 Å². The number of carbonyl (C=O) groups excluding carboxylic acids is 1. The summed E-state index contributed by atoms with van der Waals surface area (Å²) in [6.45, 7) is 0.819. The van der Waals surface area contributed by atoms with Gasteiger partial charge in [0, 0.05) is 23.1 Å². The Hall–Kier alpha value is -2.77. The second-order valence-electron chi connectivity index (χ2n) is 8.39. The maximum absolute atomic E-state index is 13.4. The van der Waals surface area contributed by atoms with Crippen LogP contribution in [0.15, 0.2) is 89.8 Å². The normalized spacial score (nSPS) is 14.1. The van der Waals surface area contributed by atoms with Crippen LogP contribution in [0.3, 0.4) is 0 Å². The largest absolute Gasteiger partial charge is 0.351 e. The molecule has 34 heavy (non-hydrogen) atoms. The summed E-state index contributed by atoms with van der Waals surface area (Å²) in [4.78, 5) is 12.8. The van der Waals surface area contributed by atoms with E-state index in [0.717, 1.165) is 16.6 Å². The van der Waals surface area contributed by atoms with E-state index in [1.54, 1.807) is 54.6 Å². The molecule has 1 fully saturated rings. The molecule has 3 aromatic rings. The third-order valence-corrected chi connectivity index (χ3v) is 9.13. The lowest BCUT2D eigenvalue weighted by atomic mass is 10.1. The van der Waals surface area contributed by atoms with Crippen LogP contribution < -0.4 is 9.62 Å². The molecule has 0 aromatic heterocycles. The molecule has 0 heterocycles. The quantitative estimate of drug-likeness (QED) is 0.379. The van der Waals surface area contributed by atoms with Crippen LogP contribution in [0.2, 0.25) is 0 Å². The molecule has 5 nitrogen and oxygen atoms in total. The average Bonchev–Trinajstić information content (AvgIpc) is 3.40. The van der Waals surface area contributed by atoms with Crippen LogP contribution in [0.1, 0.15) is 41.6 Å². The molecule has 4 rings (SSSR count). The van der Waals surface area contributed by atoms with Crippen LogP contribution in [0, 0.1) is 0 Å². The van der Waals surface area contributed by atoms with Crippen LogP contribution in [0.5, 0.6) is 0 Å². The topological polar surface area (TPSA) is 66.5 Å². The molecule has 0 saturated heterocycles. The van der Waals surface area contributed by atoms with Gasteiger partial charge in [-0.05, 0) is 54.8 Å². The summed E-state index contributed by atoms with van der Waals surface area (Å²) in [7, 11) is -3.75. The van der Waals surface area contributed by atoms with Gasteiger partial charge in [-0.1, -0.05) is 61.4 Å². The standard InChI is InChI=1S/C27H30N2O3S2/c30-27(28-19-20-33-25-11-7-8-12-25)23-17-15-22(16-18-23)21-29(24-9-3-1-4-10-24)34(31,32)26-13-5-2-6-14-26/h1-6,9-10,13-18,25H,7-8,11-12,19-21H2,(H,28,30). The molecule has 7 heteroatoms. The first kappa shape index (κ1) is 24.4. The zero-order valence-corrected chi connectivity index (χ0v) is 20.7. The monoisotopic (exact) mass is 494 g/mol. The van der Waals surface area contributed by atoms with Crippen molar-refractivity contribution < 1.29 is 13.2 Å².